The number of hydrogen-bond acceptors (Lipinski definition) is 3. The number of Topliss-reactive ketones (excluding diaryl/α,β-unsaturated/α-hetero) is 2. The number of hydrogen-bond donors (Lipinski definition) is 0. The molecule has 1 aromatic heterocycles. The van der Waals surface area contributed by atoms with E-state index in [1.165, 1.54) is 24.8 Å². The number of para-hydroxylation sites is 1. The molecule has 10 rings (SSSR count). The molecule has 1 aliphatic carbocycles. The average Bonchev–Trinajstić information content (AvgIpc) is 3.75. The van der Waals surface area contributed by atoms with Gasteiger partial charge in [0, 0.05) is 27.8 Å². The Kier molecular flexibility index (Phi) is 13.8. The Labute approximate surface area is 390 Å². The molecule has 3 heteroatoms. The molecule has 9 aromatic rings. The Morgan fingerprint density at radius 1 is 0.621 bits per heavy atom. The van der Waals surface area contributed by atoms with E-state index in [0.717, 1.165) is 105 Å². The first kappa shape index (κ1) is 45.5. The molecule has 0 spiro atoms. The van der Waals surface area contributed by atoms with Crippen LogP contribution in [0.2, 0.25) is 0 Å². The van der Waals surface area contributed by atoms with Gasteiger partial charge in [0.2, 0.25) is 11.6 Å². The SMILES string of the molecule is C/C=C\C1C(=O)C(=O)C(C)c2cc3c(/C(C)=C(\c4ccccc4)c4ccccc4C)c4ccc5ccccc5c4c(-c4oc5ccccc5c4-c4ccccc4)c3cc21.CC.CCCCC. The number of carbonyl (C=O) groups excluding carboxylic acids is 2. The van der Waals surface area contributed by atoms with Crippen LogP contribution in [0.15, 0.2) is 174 Å². The van der Waals surface area contributed by atoms with Gasteiger partial charge >= 0.3 is 0 Å². The predicted molar refractivity (Wildman–Crippen MR) is 281 cm³/mol. The number of carbonyl (C=O) groups is 2. The Morgan fingerprint density at radius 2 is 1.24 bits per heavy atom. The highest BCUT2D eigenvalue weighted by molar-refractivity contribution is 6.43. The first-order valence-corrected chi connectivity index (χ1v) is 23.8. The minimum atomic E-state index is -0.685. The number of aryl methyl sites for hydroxylation is 1. The van der Waals surface area contributed by atoms with Crippen molar-refractivity contribution in [2.24, 2.45) is 0 Å². The summed E-state index contributed by atoms with van der Waals surface area (Å²) in [5.74, 6) is -1.23. The first-order valence-electron chi connectivity index (χ1n) is 23.8. The van der Waals surface area contributed by atoms with Crippen molar-refractivity contribution in [2.75, 3.05) is 0 Å². The van der Waals surface area contributed by atoms with Gasteiger partial charge in [-0.1, -0.05) is 206 Å². The maximum atomic E-state index is 13.9. The average molecular weight is 865 g/mol. The third-order valence-corrected chi connectivity index (χ3v) is 13.1. The molecule has 0 N–H and O–H groups in total. The Bertz CT molecular complexity index is 3290. The van der Waals surface area contributed by atoms with Crippen LogP contribution in [0.4, 0.5) is 0 Å². The monoisotopic (exact) mass is 864 g/mol. The first-order chi connectivity index (χ1) is 32.3. The fourth-order valence-corrected chi connectivity index (χ4v) is 10.0. The van der Waals surface area contributed by atoms with Crippen LogP contribution in [0.3, 0.4) is 0 Å². The van der Waals surface area contributed by atoms with Crippen LogP contribution in [0.5, 0.6) is 0 Å². The van der Waals surface area contributed by atoms with Gasteiger partial charge in [-0.25, -0.2) is 0 Å². The van der Waals surface area contributed by atoms with Crippen molar-refractivity contribution < 1.29 is 14.0 Å². The van der Waals surface area contributed by atoms with E-state index in [9.17, 15) is 9.59 Å². The second kappa shape index (κ2) is 20.0. The van der Waals surface area contributed by atoms with Gasteiger partial charge in [-0.2, -0.15) is 0 Å². The summed E-state index contributed by atoms with van der Waals surface area (Å²) < 4.78 is 7.14. The zero-order valence-electron chi connectivity index (χ0n) is 39.7. The molecule has 0 radical (unpaired) electrons. The van der Waals surface area contributed by atoms with E-state index in [0.29, 0.717) is 0 Å². The predicted octanol–water partition coefficient (Wildman–Crippen LogP) is 17.7. The molecular formula is C63H60O3. The molecule has 1 heterocycles. The van der Waals surface area contributed by atoms with Crippen molar-refractivity contribution in [1.82, 2.24) is 0 Å². The summed E-state index contributed by atoms with van der Waals surface area (Å²) >= 11 is 0. The second-order valence-electron chi connectivity index (χ2n) is 17.1. The van der Waals surface area contributed by atoms with Gasteiger partial charge in [-0.05, 0) is 116 Å². The molecule has 2 unspecified atom stereocenters. The summed E-state index contributed by atoms with van der Waals surface area (Å²) in [6.45, 7) is 16.6. The van der Waals surface area contributed by atoms with E-state index in [1.54, 1.807) is 0 Å². The van der Waals surface area contributed by atoms with Gasteiger partial charge < -0.3 is 4.42 Å². The highest BCUT2D eigenvalue weighted by Crippen LogP contribution is 2.52. The molecule has 66 heavy (non-hydrogen) atoms. The zero-order chi connectivity index (χ0) is 46.5. The van der Waals surface area contributed by atoms with Crippen molar-refractivity contribution in [3.63, 3.8) is 0 Å². The number of furan rings is 1. The molecule has 0 saturated carbocycles. The minimum Gasteiger partial charge on any atom is -0.455 e. The van der Waals surface area contributed by atoms with Crippen molar-refractivity contribution in [3.8, 4) is 22.5 Å². The van der Waals surface area contributed by atoms with Gasteiger partial charge in [0.15, 0.2) is 0 Å². The highest BCUT2D eigenvalue weighted by Gasteiger charge is 2.38. The van der Waals surface area contributed by atoms with Crippen LogP contribution in [0.25, 0.3) is 76.9 Å². The standard InChI is InChI=1S/C56H42O3.C5H12.C2H6/c1-5-18-41-45-32-47-46(31-44(45)34(3)54(57)55(41)58)50(35(4)49(37-21-8-6-9-22-37)39-25-14-12-19-33(39)2)43-30-29-36-20-13-15-26-40(36)52(43)53(47)56-51(38-23-10-7-11-24-38)42-27-16-17-28-48(42)59-56;1-3-5-4-2;1-2/h5-32,34,41H,1-4H3;3-5H2,1-2H3;1-2H3/b18-5-,49-35+;;. The molecule has 0 aliphatic heterocycles. The van der Waals surface area contributed by atoms with E-state index >= 15 is 0 Å². The van der Waals surface area contributed by atoms with Crippen LogP contribution in [-0.4, -0.2) is 11.6 Å². The lowest BCUT2D eigenvalue weighted by molar-refractivity contribution is -0.138. The van der Waals surface area contributed by atoms with E-state index < -0.39 is 11.8 Å². The third kappa shape index (κ3) is 8.13. The Hall–Kier alpha value is -7.10. The summed E-state index contributed by atoms with van der Waals surface area (Å²) in [6, 6.07) is 55.5. The summed E-state index contributed by atoms with van der Waals surface area (Å²) in [5, 5.41) is 7.39. The highest BCUT2D eigenvalue weighted by atomic mass is 16.3. The van der Waals surface area contributed by atoms with Crippen LogP contribution < -0.4 is 0 Å². The largest absolute Gasteiger partial charge is 0.455 e. The van der Waals surface area contributed by atoms with Gasteiger partial charge in [0.05, 0.1) is 5.92 Å². The lowest BCUT2D eigenvalue weighted by atomic mass is 9.72. The lowest BCUT2D eigenvalue weighted by Gasteiger charge is -2.29. The Balaban J connectivity index is 0.000000795. The Morgan fingerprint density at radius 3 is 1.92 bits per heavy atom. The molecule has 0 saturated heterocycles. The molecule has 8 aromatic carbocycles. The van der Waals surface area contributed by atoms with Crippen LogP contribution in [-0.2, 0) is 9.59 Å². The van der Waals surface area contributed by atoms with Crippen LogP contribution in [0, 0.1) is 6.92 Å². The summed E-state index contributed by atoms with van der Waals surface area (Å²) in [5.41, 5.74) is 12.4. The summed E-state index contributed by atoms with van der Waals surface area (Å²) in [4.78, 5) is 27.7. The molecule has 1 aliphatic rings. The number of allylic oxidation sites excluding steroid dienone is 3. The number of ketones is 2. The normalized spacial score (nSPS) is 15.1. The zero-order valence-corrected chi connectivity index (χ0v) is 39.7. The lowest BCUT2D eigenvalue weighted by Crippen LogP contribution is -2.32. The molecule has 330 valence electrons. The molecule has 0 amide bonds. The number of benzene rings is 8. The van der Waals surface area contributed by atoms with Crippen LogP contribution >= 0.6 is 0 Å². The van der Waals surface area contributed by atoms with E-state index in [2.05, 4.69) is 167 Å². The minimum absolute atomic E-state index is 0.352. The number of unbranched alkanes of at least 4 members (excludes halogenated alkanes) is 2. The molecule has 2 atom stereocenters. The summed E-state index contributed by atoms with van der Waals surface area (Å²) in [6.07, 6.45) is 7.84. The quantitative estimate of drug-likeness (QED) is 0.0503. The van der Waals surface area contributed by atoms with Gasteiger partial charge in [-0.3, -0.25) is 9.59 Å². The van der Waals surface area contributed by atoms with Gasteiger partial charge in [-0.15, -0.1) is 0 Å². The molecule has 3 nitrogen and oxygen atoms in total. The maximum absolute atomic E-state index is 13.9. The molecule has 0 fully saturated rings. The van der Waals surface area contributed by atoms with Crippen LogP contribution in [0.1, 0.15) is 113 Å². The molecular weight excluding hydrogens is 805 g/mol. The van der Waals surface area contributed by atoms with Crippen molar-refractivity contribution in [3.05, 3.63) is 203 Å². The maximum Gasteiger partial charge on any atom is 0.210 e. The fraction of sp³-hybridized carbons (Fsp3) is 0.206. The van der Waals surface area contributed by atoms with E-state index in [-0.39, 0.29) is 11.6 Å². The van der Waals surface area contributed by atoms with Crippen molar-refractivity contribution >= 4 is 66.0 Å². The van der Waals surface area contributed by atoms with E-state index in [4.69, 9.17) is 4.42 Å². The second-order valence-corrected chi connectivity index (χ2v) is 17.1. The number of rotatable bonds is 8. The van der Waals surface area contributed by atoms with Gasteiger partial charge in [0.1, 0.15) is 11.3 Å². The smallest absolute Gasteiger partial charge is 0.210 e. The third-order valence-electron chi connectivity index (χ3n) is 13.1. The van der Waals surface area contributed by atoms with Crippen molar-refractivity contribution in [1.29, 1.82) is 0 Å². The van der Waals surface area contributed by atoms with Crippen molar-refractivity contribution in [2.45, 2.75) is 86.5 Å². The number of fused-ring (bicyclic) bond motifs is 6. The van der Waals surface area contributed by atoms with Gasteiger partial charge in [0.25, 0.3) is 0 Å². The topological polar surface area (TPSA) is 47.3 Å². The summed E-state index contributed by atoms with van der Waals surface area (Å²) in [7, 11) is 0. The fourth-order valence-electron chi connectivity index (χ4n) is 10.0. The van der Waals surface area contributed by atoms with E-state index in [1.807, 2.05) is 58.0 Å². The molecule has 0 bridgehead atoms.